The second-order valence-corrected chi connectivity index (χ2v) is 8.68. The lowest BCUT2D eigenvalue weighted by Crippen LogP contribution is -2.50. The van der Waals surface area contributed by atoms with Crippen molar-refractivity contribution in [1.82, 2.24) is 9.21 Å². The number of hydrogen-bond acceptors (Lipinski definition) is 3. The summed E-state index contributed by atoms with van der Waals surface area (Å²) in [6.07, 6.45) is 0.950. The summed E-state index contributed by atoms with van der Waals surface area (Å²) in [5, 5.41) is 0.650. The number of hydrogen-bond donors (Lipinski definition) is 0. The fourth-order valence-electron chi connectivity index (χ4n) is 3.03. The van der Waals surface area contributed by atoms with Crippen LogP contribution in [0.2, 0.25) is 5.02 Å². The molecule has 144 valence electrons. The van der Waals surface area contributed by atoms with Crippen molar-refractivity contribution in [2.24, 2.45) is 0 Å². The van der Waals surface area contributed by atoms with Crippen molar-refractivity contribution in [3.8, 4) is 0 Å². The third-order valence-corrected chi connectivity index (χ3v) is 6.77. The molecule has 1 heterocycles. The van der Waals surface area contributed by atoms with Crippen molar-refractivity contribution in [2.75, 3.05) is 26.2 Å². The summed E-state index contributed by atoms with van der Waals surface area (Å²) in [5.74, 6) is -0.785. The Labute approximate surface area is 163 Å². The second kappa shape index (κ2) is 8.37. The summed E-state index contributed by atoms with van der Waals surface area (Å²) in [6, 6.07) is 12.7. The van der Waals surface area contributed by atoms with Crippen molar-refractivity contribution >= 4 is 27.5 Å². The highest BCUT2D eigenvalue weighted by molar-refractivity contribution is 7.89. The van der Waals surface area contributed by atoms with E-state index in [1.165, 1.54) is 22.5 Å². The summed E-state index contributed by atoms with van der Waals surface area (Å²) in [4.78, 5) is 13.7. The molecule has 1 amide bonds. The van der Waals surface area contributed by atoms with Gasteiger partial charge in [-0.25, -0.2) is 12.8 Å². The van der Waals surface area contributed by atoms with Crippen molar-refractivity contribution in [3.63, 3.8) is 0 Å². The van der Waals surface area contributed by atoms with Crippen LogP contribution in [-0.4, -0.2) is 49.7 Å². The number of carbonyl (C=O) groups excluding carboxylic acids is 1. The first-order chi connectivity index (χ1) is 12.9. The maximum Gasteiger partial charge on any atom is 0.246 e. The Morgan fingerprint density at radius 1 is 1.00 bits per heavy atom. The van der Waals surface area contributed by atoms with E-state index in [1.54, 1.807) is 17.0 Å². The van der Waals surface area contributed by atoms with Crippen LogP contribution in [0.4, 0.5) is 4.39 Å². The molecule has 2 aromatic rings. The van der Waals surface area contributed by atoms with Gasteiger partial charge in [-0.2, -0.15) is 4.31 Å². The predicted octanol–water partition coefficient (Wildman–Crippen LogP) is 2.94. The molecular formula is C19H20ClFN2O3S. The Balaban J connectivity index is 1.56. The van der Waals surface area contributed by atoms with Crippen molar-refractivity contribution in [2.45, 2.75) is 17.7 Å². The topological polar surface area (TPSA) is 57.7 Å². The average Bonchev–Trinajstić information content (AvgIpc) is 2.67. The summed E-state index contributed by atoms with van der Waals surface area (Å²) in [5.41, 5.74) is 1.02. The molecule has 0 N–H and O–H groups in total. The average molecular weight is 411 g/mol. The van der Waals surface area contributed by atoms with Gasteiger partial charge in [0.2, 0.25) is 15.9 Å². The quantitative estimate of drug-likeness (QED) is 0.761. The largest absolute Gasteiger partial charge is 0.340 e. The molecule has 3 rings (SSSR count). The van der Waals surface area contributed by atoms with Crippen LogP contribution in [0.1, 0.15) is 12.0 Å². The highest BCUT2D eigenvalue weighted by Crippen LogP contribution is 2.20. The summed E-state index contributed by atoms with van der Waals surface area (Å²) in [7, 11) is -3.89. The van der Waals surface area contributed by atoms with Gasteiger partial charge in [0.1, 0.15) is 10.7 Å². The van der Waals surface area contributed by atoms with Gasteiger partial charge in [0, 0.05) is 37.6 Å². The van der Waals surface area contributed by atoms with Gasteiger partial charge in [-0.1, -0.05) is 35.9 Å². The van der Waals surface area contributed by atoms with Crippen LogP contribution in [0.3, 0.4) is 0 Å². The first-order valence-corrected chi connectivity index (χ1v) is 10.5. The molecule has 0 radical (unpaired) electrons. The zero-order valence-electron chi connectivity index (χ0n) is 14.6. The van der Waals surface area contributed by atoms with E-state index in [2.05, 4.69) is 0 Å². The van der Waals surface area contributed by atoms with Crippen molar-refractivity contribution < 1.29 is 17.6 Å². The van der Waals surface area contributed by atoms with Crippen LogP contribution in [0.25, 0.3) is 0 Å². The van der Waals surface area contributed by atoms with Crippen molar-refractivity contribution in [1.29, 1.82) is 0 Å². The Morgan fingerprint density at radius 3 is 2.26 bits per heavy atom. The number of amides is 1. The van der Waals surface area contributed by atoms with Crippen LogP contribution in [0.5, 0.6) is 0 Å². The molecular weight excluding hydrogens is 391 g/mol. The second-order valence-electron chi connectivity index (χ2n) is 6.34. The number of rotatable bonds is 5. The third-order valence-electron chi connectivity index (χ3n) is 4.59. The lowest BCUT2D eigenvalue weighted by Gasteiger charge is -2.34. The van der Waals surface area contributed by atoms with E-state index in [0.29, 0.717) is 31.0 Å². The van der Waals surface area contributed by atoms with Gasteiger partial charge >= 0.3 is 0 Å². The number of sulfonamides is 1. The molecule has 5 nitrogen and oxygen atoms in total. The fraction of sp³-hybridized carbons (Fsp3) is 0.316. The first-order valence-electron chi connectivity index (χ1n) is 8.65. The number of piperazine rings is 1. The van der Waals surface area contributed by atoms with Gasteiger partial charge in [-0.3, -0.25) is 4.79 Å². The Kier molecular flexibility index (Phi) is 6.14. The number of nitrogens with zero attached hydrogens (tertiary/aromatic N) is 2. The van der Waals surface area contributed by atoms with Gasteiger partial charge < -0.3 is 4.90 Å². The molecule has 0 bridgehead atoms. The minimum absolute atomic E-state index is 0.0205. The van der Waals surface area contributed by atoms with E-state index in [1.807, 2.05) is 12.1 Å². The molecule has 0 unspecified atom stereocenters. The van der Waals surface area contributed by atoms with E-state index in [-0.39, 0.29) is 23.9 Å². The van der Waals surface area contributed by atoms with Gasteiger partial charge in [0.05, 0.1) is 0 Å². The number of carbonyl (C=O) groups is 1. The molecule has 27 heavy (non-hydrogen) atoms. The highest BCUT2D eigenvalue weighted by Gasteiger charge is 2.31. The van der Waals surface area contributed by atoms with Gasteiger partial charge in [-0.05, 0) is 36.2 Å². The lowest BCUT2D eigenvalue weighted by molar-refractivity contribution is -0.132. The molecule has 8 heteroatoms. The zero-order valence-corrected chi connectivity index (χ0v) is 16.2. The molecule has 1 fully saturated rings. The van der Waals surface area contributed by atoms with Gasteiger partial charge in [-0.15, -0.1) is 0 Å². The first kappa shape index (κ1) is 19.8. The summed E-state index contributed by atoms with van der Waals surface area (Å²) in [6.45, 7) is 0.910. The molecule has 0 spiro atoms. The Morgan fingerprint density at radius 2 is 1.63 bits per heavy atom. The van der Waals surface area contributed by atoms with Gasteiger partial charge in [0.15, 0.2) is 0 Å². The zero-order chi connectivity index (χ0) is 19.4. The highest BCUT2D eigenvalue weighted by atomic mass is 35.5. The van der Waals surface area contributed by atoms with Crippen LogP contribution >= 0.6 is 11.6 Å². The van der Waals surface area contributed by atoms with E-state index in [4.69, 9.17) is 11.6 Å². The van der Waals surface area contributed by atoms with E-state index in [0.717, 1.165) is 11.6 Å². The number of aryl methyl sites for hydroxylation is 1. The Bertz CT molecular complexity index is 911. The Hall–Kier alpha value is -1.96. The van der Waals surface area contributed by atoms with E-state index in [9.17, 15) is 17.6 Å². The molecule has 0 aromatic heterocycles. The number of halogens is 2. The standard InChI is InChI=1S/C19H20ClFN2O3S/c20-16-8-5-15(6-9-16)7-10-19(24)22-11-13-23(14-12-22)27(25,26)18-4-2-1-3-17(18)21/h1-6,8-9H,7,10-14H2. The van der Waals surface area contributed by atoms with E-state index < -0.39 is 15.8 Å². The molecule has 2 aromatic carbocycles. The minimum Gasteiger partial charge on any atom is -0.340 e. The number of benzene rings is 2. The van der Waals surface area contributed by atoms with Crippen molar-refractivity contribution in [3.05, 3.63) is 64.9 Å². The van der Waals surface area contributed by atoms with Crippen LogP contribution in [0.15, 0.2) is 53.4 Å². The SMILES string of the molecule is O=C(CCc1ccc(Cl)cc1)N1CCN(S(=O)(=O)c2ccccc2F)CC1. The molecule has 1 saturated heterocycles. The van der Waals surface area contributed by atoms with Crippen LogP contribution in [0, 0.1) is 5.82 Å². The fourth-order valence-corrected chi connectivity index (χ4v) is 4.64. The summed E-state index contributed by atoms with van der Waals surface area (Å²) < 4.78 is 40.3. The molecule has 1 aliphatic rings. The molecule has 0 atom stereocenters. The smallest absolute Gasteiger partial charge is 0.246 e. The molecule has 0 saturated carbocycles. The summed E-state index contributed by atoms with van der Waals surface area (Å²) >= 11 is 5.85. The third kappa shape index (κ3) is 4.66. The lowest BCUT2D eigenvalue weighted by atomic mass is 10.1. The van der Waals surface area contributed by atoms with Crippen LogP contribution < -0.4 is 0 Å². The molecule has 0 aliphatic carbocycles. The molecule has 1 aliphatic heterocycles. The normalized spacial score (nSPS) is 15.7. The predicted molar refractivity (Wildman–Crippen MR) is 102 cm³/mol. The van der Waals surface area contributed by atoms with E-state index >= 15 is 0 Å². The monoisotopic (exact) mass is 410 g/mol. The maximum atomic E-state index is 13.9. The maximum absolute atomic E-state index is 13.9. The van der Waals surface area contributed by atoms with Crippen LogP contribution in [-0.2, 0) is 21.2 Å². The van der Waals surface area contributed by atoms with Gasteiger partial charge in [0.25, 0.3) is 0 Å². The minimum atomic E-state index is -3.89.